The van der Waals surface area contributed by atoms with Gasteiger partial charge in [-0.3, -0.25) is 14.6 Å². The number of rotatable bonds is 3. The van der Waals surface area contributed by atoms with E-state index in [0.29, 0.717) is 12.1 Å². The number of amides is 2. The fraction of sp³-hybridized carbons (Fsp3) is 0.188. The van der Waals surface area contributed by atoms with Gasteiger partial charge in [-0.05, 0) is 17.7 Å². The minimum Gasteiger partial charge on any atom is -0.388 e. The van der Waals surface area contributed by atoms with Gasteiger partial charge in [-0.1, -0.05) is 36.4 Å². The molecule has 0 atom stereocenters. The lowest BCUT2D eigenvalue weighted by molar-refractivity contribution is -0.117. The van der Waals surface area contributed by atoms with Gasteiger partial charge in [0.2, 0.25) is 5.91 Å². The molecule has 1 aromatic carbocycles. The maximum absolute atomic E-state index is 10.4. The lowest BCUT2D eigenvalue weighted by Gasteiger charge is -1.93. The Morgan fingerprint density at radius 1 is 1.00 bits per heavy atom. The highest BCUT2D eigenvalue weighted by Crippen LogP contribution is 1.97. The molecule has 2 amide bonds. The number of primary amides is 2. The number of carbonyl (C=O) groups excluding carboxylic acids is 2. The maximum atomic E-state index is 10.4. The summed E-state index contributed by atoms with van der Waals surface area (Å²) in [6.45, 7) is 0. The van der Waals surface area contributed by atoms with Crippen LogP contribution in [-0.2, 0) is 16.0 Å². The standard InChI is InChI=1S/C8H9NO.C6H6N2O.C2H6O/c9-8(10)6-7-4-2-1-3-5-7;7-6(9)5-3-1-2-4-8-5;1-3-2/h1-5H,6H2,(H2,9,10);1-4H,(H2,7,9);1-2H3. The number of hydrogen-bond acceptors (Lipinski definition) is 4. The minimum atomic E-state index is -0.490. The van der Waals surface area contributed by atoms with Crippen molar-refractivity contribution in [1.82, 2.24) is 4.98 Å². The van der Waals surface area contributed by atoms with E-state index in [1.807, 2.05) is 30.3 Å². The zero-order chi connectivity index (χ0) is 16.8. The predicted molar refractivity (Wildman–Crippen MR) is 85.0 cm³/mol. The van der Waals surface area contributed by atoms with Crippen LogP contribution in [0, 0.1) is 0 Å². The maximum Gasteiger partial charge on any atom is 0.267 e. The molecule has 0 aliphatic heterocycles. The third-order valence-corrected chi connectivity index (χ3v) is 2.14. The summed E-state index contributed by atoms with van der Waals surface area (Å²) in [5.41, 5.74) is 11.2. The lowest BCUT2D eigenvalue weighted by Crippen LogP contribution is -2.13. The Morgan fingerprint density at radius 3 is 1.91 bits per heavy atom. The number of nitrogens with zero attached hydrogens (tertiary/aromatic N) is 1. The third-order valence-electron chi connectivity index (χ3n) is 2.14. The quantitative estimate of drug-likeness (QED) is 0.886. The first-order valence-electron chi connectivity index (χ1n) is 6.44. The van der Waals surface area contributed by atoms with Crippen molar-refractivity contribution >= 4 is 11.8 Å². The van der Waals surface area contributed by atoms with E-state index in [-0.39, 0.29) is 5.91 Å². The van der Waals surface area contributed by atoms with E-state index >= 15 is 0 Å². The molecule has 118 valence electrons. The van der Waals surface area contributed by atoms with Crippen LogP contribution in [0.1, 0.15) is 16.1 Å². The molecule has 0 unspecified atom stereocenters. The van der Waals surface area contributed by atoms with Crippen LogP contribution < -0.4 is 11.5 Å². The van der Waals surface area contributed by atoms with Crippen LogP contribution in [0.4, 0.5) is 0 Å². The first-order valence-corrected chi connectivity index (χ1v) is 6.44. The molecule has 0 aliphatic rings. The molecule has 2 rings (SSSR count). The molecule has 0 radical (unpaired) electrons. The molecular formula is C16H21N3O3. The van der Waals surface area contributed by atoms with E-state index in [4.69, 9.17) is 11.5 Å². The molecule has 6 nitrogen and oxygen atoms in total. The van der Waals surface area contributed by atoms with Gasteiger partial charge in [-0.2, -0.15) is 0 Å². The Bertz CT molecular complexity index is 545. The van der Waals surface area contributed by atoms with E-state index in [9.17, 15) is 9.59 Å². The van der Waals surface area contributed by atoms with E-state index in [1.165, 1.54) is 6.20 Å². The van der Waals surface area contributed by atoms with Gasteiger partial charge in [0.25, 0.3) is 5.91 Å². The molecule has 1 aromatic heterocycles. The second-order valence-corrected chi connectivity index (χ2v) is 4.12. The summed E-state index contributed by atoms with van der Waals surface area (Å²) in [5, 5.41) is 0. The van der Waals surface area contributed by atoms with Crippen molar-refractivity contribution in [2.75, 3.05) is 14.2 Å². The van der Waals surface area contributed by atoms with Gasteiger partial charge < -0.3 is 16.2 Å². The molecule has 0 fully saturated rings. The Balaban J connectivity index is 0.000000342. The highest BCUT2D eigenvalue weighted by Gasteiger charge is 1.96. The molecule has 2 aromatic rings. The molecule has 0 bridgehead atoms. The van der Waals surface area contributed by atoms with Crippen molar-refractivity contribution in [2.24, 2.45) is 11.5 Å². The lowest BCUT2D eigenvalue weighted by atomic mass is 10.1. The predicted octanol–water partition coefficient (Wildman–Crippen LogP) is 1.16. The number of aromatic nitrogens is 1. The van der Waals surface area contributed by atoms with Crippen molar-refractivity contribution in [1.29, 1.82) is 0 Å². The number of ether oxygens (including phenoxy) is 1. The minimum absolute atomic E-state index is 0.286. The van der Waals surface area contributed by atoms with Crippen LogP contribution >= 0.6 is 0 Å². The largest absolute Gasteiger partial charge is 0.388 e. The fourth-order valence-corrected chi connectivity index (χ4v) is 1.31. The van der Waals surface area contributed by atoms with Crippen molar-refractivity contribution in [3.63, 3.8) is 0 Å². The van der Waals surface area contributed by atoms with Crippen LogP contribution in [0.15, 0.2) is 54.7 Å². The fourth-order valence-electron chi connectivity index (χ4n) is 1.31. The molecule has 6 heteroatoms. The van der Waals surface area contributed by atoms with E-state index in [1.54, 1.807) is 32.4 Å². The van der Waals surface area contributed by atoms with Crippen molar-refractivity contribution < 1.29 is 14.3 Å². The van der Waals surface area contributed by atoms with Crippen molar-refractivity contribution in [2.45, 2.75) is 6.42 Å². The summed E-state index contributed by atoms with van der Waals surface area (Å²) in [7, 11) is 3.25. The van der Waals surface area contributed by atoms with Crippen LogP contribution in [0.3, 0.4) is 0 Å². The highest BCUT2D eigenvalue weighted by atomic mass is 16.4. The van der Waals surface area contributed by atoms with Gasteiger partial charge in [0.1, 0.15) is 5.69 Å². The monoisotopic (exact) mass is 303 g/mol. The number of benzene rings is 1. The van der Waals surface area contributed by atoms with Gasteiger partial charge in [0.05, 0.1) is 6.42 Å². The Kier molecular flexibility index (Phi) is 10.5. The number of nitrogens with two attached hydrogens (primary N) is 2. The van der Waals surface area contributed by atoms with Crippen molar-refractivity contribution in [3.8, 4) is 0 Å². The summed E-state index contributed by atoms with van der Waals surface area (Å²) in [4.78, 5) is 24.5. The first kappa shape index (κ1) is 19.3. The third kappa shape index (κ3) is 10.1. The van der Waals surface area contributed by atoms with Crippen LogP contribution in [0.5, 0.6) is 0 Å². The van der Waals surface area contributed by atoms with Crippen LogP contribution in [0.2, 0.25) is 0 Å². The molecule has 22 heavy (non-hydrogen) atoms. The topological polar surface area (TPSA) is 108 Å². The smallest absolute Gasteiger partial charge is 0.267 e. The van der Waals surface area contributed by atoms with Gasteiger partial charge in [0, 0.05) is 20.4 Å². The van der Waals surface area contributed by atoms with Crippen LogP contribution in [0.25, 0.3) is 0 Å². The Hall–Kier alpha value is -2.73. The molecule has 1 heterocycles. The van der Waals surface area contributed by atoms with Gasteiger partial charge in [0.15, 0.2) is 0 Å². The second kappa shape index (κ2) is 12.0. The molecule has 0 spiro atoms. The van der Waals surface area contributed by atoms with E-state index in [0.717, 1.165) is 5.56 Å². The average Bonchev–Trinajstić information content (AvgIpc) is 2.50. The van der Waals surface area contributed by atoms with Gasteiger partial charge in [-0.25, -0.2) is 0 Å². The van der Waals surface area contributed by atoms with E-state index < -0.39 is 5.91 Å². The summed E-state index contributed by atoms with van der Waals surface area (Å²) >= 11 is 0. The summed E-state index contributed by atoms with van der Waals surface area (Å²) < 4.78 is 4.25. The summed E-state index contributed by atoms with van der Waals surface area (Å²) in [6, 6.07) is 14.5. The van der Waals surface area contributed by atoms with Gasteiger partial charge in [-0.15, -0.1) is 0 Å². The van der Waals surface area contributed by atoms with Crippen LogP contribution in [-0.4, -0.2) is 31.0 Å². The first-order chi connectivity index (χ1) is 10.5. The Morgan fingerprint density at radius 2 is 1.55 bits per heavy atom. The molecular weight excluding hydrogens is 282 g/mol. The van der Waals surface area contributed by atoms with Crippen molar-refractivity contribution in [3.05, 3.63) is 66.0 Å². The molecule has 4 N–H and O–H groups in total. The Labute approximate surface area is 130 Å². The van der Waals surface area contributed by atoms with Gasteiger partial charge >= 0.3 is 0 Å². The highest BCUT2D eigenvalue weighted by molar-refractivity contribution is 5.90. The zero-order valence-electron chi connectivity index (χ0n) is 12.7. The average molecular weight is 303 g/mol. The zero-order valence-corrected chi connectivity index (χ0v) is 12.7. The molecule has 0 aliphatic carbocycles. The summed E-state index contributed by atoms with van der Waals surface area (Å²) in [5.74, 6) is -0.776. The number of methoxy groups -OCH3 is 1. The number of pyridine rings is 1. The number of hydrogen-bond donors (Lipinski definition) is 2. The van der Waals surface area contributed by atoms with E-state index in [2.05, 4.69) is 9.72 Å². The second-order valence-electron chi connectivity index (χ2n) is 4.12. The SMILES string of the molecule is COC.NC(=O)Cc1ccccc1.NC(=O)c1ccccn1. The molecule has 0 saturated carbocycles. The molecule has 0 saturated heterocycles. The summed E-state index contributed by atoms with van der Waals surface area (Å²) in [6.07, 6.45) is 1.86. The number of carbonyl (C=O) groups is 2. The normalized spacial score (nSPS) is 8.64.